The molecule has 2 nitrogen and oxygen atoms in total. The number of para-hydroxylation sites is 1. The van der Waals surface area contributed by atoms with E-state index in [1.807, 2.05) is 44.2 Å². The van der Waals surface area contributed by atoms with Crippen LogP contribution in [-0.4, -0.2) is 12.1 Å². The van der Waals surface area contributed by atoms with Crippen LogP contribution in [0.4, 0.5) is 0 Å². The third kappa shape index (κ3) is 4.15. The molecule has 1 rings (SSSR count). The molecule has 0 atom stereocenters. The van der Waals surface area contributed by atoms with E-state index in [-0.39, 0.29) is 18.0 Å². The van der Waals surface area contributed by atoms with Gasteiger partial charge in [-0.3, -0.25) is 0 Å². The molecule has 0 saturated carbocycles. The Morgan fingerprint density at radius 2 is 1.77 bits per heavy atom. The Morgan fingerprint density at radius 1 is 1.23 bits per heavy atom. The normalized spacial score (nSPS) is 10.4. The molecule has 0 radical (unpaired) electrons. The molecule has 0 aromatic heterocycles. The molecule has 0 saturated heterocycles. The van der Waals surface area contributed by atoms with Crippen molar-refractivity contribution in [3.05, 3.63) is 30.3 Å². The van der Waals surface area contributed by atoms with Gasteiger partial charge in [-0.15, -0.1) is 12.4 Å². The molecular formula is C10H16ClNO. The fourth-order valence-corrected chi connectivity index (χ4v) is 0.849. The van der Waals surface area contributed by atoms with E-state index in [9.17, 15) is 0 Å². The Bertz CT molecular complexity index is 236. The van der Waals surface area contributed by atoms with Gasteiger partial charge in [0.05, 0.1) is 0 Å². The van der Waals surface area contributed by atoms with Crippen LogP contribution in [0.15, 0.2) is 30.3 Å². The number of hydrogen-bond acceptors (Lipinski definition) is 2. The van der Waals surface area contributed by atoms with Crippen LogP contribution in [0, 0.1) is 0 Å². The minimum absolute atomic E-state index is 0. The lowest BCUT2D eigenvalue weighted by atomic mass is 10.1. The van der Waals surface area contributed by atoms with Crippen molar-refractivity contribution in [3.63, 3.8) is 0 Å². The highest BCUT2D eigenvalue weighted by Crippen LogP contribution is 2.16. The van der Waals surface area contributed by atoms with Crippen LogP contribution in [0.1, 0.15) is 13.8 Å². The summed E-state index contributed by atoms with van der Waals surface area (Å²) in [6, 6.07) is 9.71. The lowest BCUT2D eigenvalue weighted by molar-refractivity contribution is 0.119. The van der Waals surface area contributed by atoms with Crippen LogP contribution in [0.25, 0.3) is 0 Å². The summed E-state index contributed by atoms with van der Waals surface area (Å²) in [6.45, 7) is 4.46. The zero-order valence-electron chi connectivity index (χ0n) is 7.99. The molecule has 0 fully saturated rings. The highest BCUT2D eigenvalue weighted by atomic mass is 35.5. The average Bonchev–Trinajstić information content (AvgIpc) is 2.06. The van der Waals surface area contributed by atoms with Crippen molar-refractivity contribution in [1.82, 2.24) is 0 Å². The van der Waals surface area contributed by atoms with Crippen molar-refractivity contribution < 1.29 is 4.74 Å². The minimum Gasteiger partial charge on any atom is -0.487 e. The first kappa shape index (κ1) is 12.3. The van der Waals surface area contributed by atoms with E-state index in [2.05, 4.69) is 0 Å². The fourth-order valence-electron chi connectivity index (χ4n) is 0.849. The van der Waals surface area contributed by atoms with Crippen molar-refractivity contribution >= 4 is 12.4 Å². The summed E-state index contributed by atoms with van der Waals surface area (Å²) in [5.74, 6) is 0.868. The lowest BCUT2D eigenvalue weighted by Gasteiger charge is -2.24. The van der Waals surface area contributed by atoms with E-state index in [4.69, 9.17) is 10.5 Å². The molecule has 74 valence electrons. The topological polar surface area (TPSA) is 35.2 Å². The van der Waals surface area contributed by atoms with Gasteiger partial charge in [-0.25, -0.2) is 0 Å². The number of hydrogen-bond donors (Lipinski definition) is 1. The molecule has 0 aliphatic heterocycles. The zero-order chi connectivity index (χ0) is 9.03. The molecule has 0 spiro atoms. The van der Waals surface area contributed by atoms with Gasteiger partial charge in [0.15, 0.2) is 0 Å². The smallest absolute Gasteiger partial charge is 0.120 e. The van der Waals surface area contributed by atoms with Crippen molar-refractivity contribution in [2.75, 3.05) is 6.54 Å². The van der Waals surface area contributed by atoms with Gasteiger partial charge in [-0.05, 0) is 26.0 Å². The van der Waals surface area contributed by atoms with E-state index >= 15 is 0 Å². The minimum atomic E-state index is -0.276. The van der Waals surface area contributed by atoms with Gasteiger partial charge < -0.3 is 10.5 Å². The van der Waals surface area contributed by atoms with Gasteiger partial charge in [-0.2, -0.15) is 0 Å². The second-order valence-electron chi connectivity index (χ2n) is 3.38. The van der Waals surface area contributed by atoms with Gasteiger partial charge >= 0.3 is 0 Å². The van der Waals surface area contributed by atoms with Gasteiger partial charge in [0, 0.05) is 6.54 Å². The molecule has 0 heterocycles. The molecule has 0 aliphatic rings. The summed E-state index contributed by atoms with van der Waals surface area (Å²) < 4.78 is 5.63. The van der Waals surface area contributed by atoms with Crippen LogP contribution in [-0.2, 0) is 0 Å². The Morgan fingerprint density at radius 3 is 2.23 bits per heavy atom. The van der Waals surface area contributed by atoms with Gasteiger partial charge in [-0.1, -0.05) is 18.2 Å². The van der Waals surface area contributed by atoms with E-state index < -0.39 is 0 Å². The van der Waals surface area contributed by atoms with Crippen LogP contribution < -0.4 is 10.5 Å². The summed E-state index contributed by atoms with van der Waals surface area (Å²) in [5.41, 5.74) is 5.25. The molecule has 13 heavy (non-hydrogen) atoms. The number of halogens is 1. The SMILES string of the molecule is CC(C)(CN)Oc1ccccc1.Cl. The van der Waals surface area contributed by atoms with Crippen LogP contribution >= 0.6 is 12.4 Å². The first-order valence-corrected chi connectivity index (χ1v) is 4.08. The Kier molecular flexibility index (Phi) is 4.81. The maximum absolute atomic E-state index is 5.63. The Labute approximate surface area is 85.5 Å². The molecule has 3 heteroatoms. The predicted molar refractivity (Wildman–Crippen MR) is 57.5 cm³/mol. The molecule has 0 unspecified atom stereocenters. The van der Waals surface area contributed by atoms with Gasteiger partial charge in [0.1, 0.15) is 11.4 Å². The number of benzene rings is 1. The maximum Gasteiger partial charge on any atom is 0.120 e. The summed E-state index contributed by atoms with van der Waals surface area (Å²) in [4.78, 5) is 0. The second-order valence-corrected chi connectivity index (χ2v) is 3.38. The molecule has 1 aromatic rings. The van der Waals surface area contributed by atoms with Crippen molar-refractivity contribution in [3.8, 4) is 5.75 Å². The van der Waals surface area contributed by atoms with Crippen molar-refractivity contribution in [2.24, 2.45) is 5.73 Å². The standard InChI is InChI=1S/C10H15NO.ClH/c1-10(2,8-11)12-9-6-4-3-5-7-9;/h3-7H,8,11H2,1-2H3;1H. The third-order valence-corrected chi connectivity index (χ3v) is 1.63. The predicted octanol–water partition coefficient (Wildman–Crippen LogP) is 2.22. The van der Waals surface area contributed by atoms with Crippen LogP contribution in [0.3, 0.4) is 0 Å². The third-order valence-electron chi connectivity index (χ3n) is 1.63. The van der Waals surface area contributed by atoms with E-state index in [0.717, 1.165) is 5.75 Å². The zero-order valence-corrected chi connectivity index (χ0v) is 8.80. The number of rotatable bonds is 3. The van der Waals surface area contributed by atoms with Crippen LogP contribution in [0.2, 0.25) is 0 Å². The van der Waals surface area contributed by atoms with E-state index in [1.54, 1.807) is 0 Å². The molecule has 0 amide bonds. The first-order valence-electron chi connectivity index (χ1n) is 4.08. The van der Waals surface area contributed by atoms with Gasteiger partial charge in [0.2, 0.25) is 0 Å². The summed E-state index contributed by atoms with van der Waals surface area (Å²) in [6.07, 6.45) is 0. The quantitative estimate of drug-likeness (QED) is 0.814. The molecule has 0 bridgehead atoms. The van der Waals surface area contributed by atoms with E-state index in [0.29, 0.717) is 6.54 Å². The van der Waals surface area contributed by atoms with Crippen LogP contribution in [0.5, 0.6) is 5.75 Å². The van der Waals surface area contributed by atoms with Crippen molar-refractivity contribution in [2.45, 2.75) is 19.4 Å². The molecule has 2 N–H and O–H groups in total. The summed E-state index contributed by atoms with van der Waals surface area (Å²) in [7, 11) is 0. The Hall–Kier alpha value is -0.730. The van der Waals surface area contributed by atoms with Crippen molar-refractivity contribution in [1.29, 1.82) is 0 Å². The highest BCUT2D eigenvalue weighted by molar-refractivity contribution is 5.85. The number of ether oxygens (including phenoxy) is 1. The van der Waals surface area contributed by atoms with Gasteiger partial charge in [0.25, 0.3) is 0 Å². The first-order chi connectivity index (χ1) is 5.64. The second kappa shape index (κ2) is 5.10. The lowest BCUT2D eigenvalue weighted by Crippen LogP contribution is -2.37. The maximum atomic E-state index is 5.63. The fraction of sp³-hybridized carbons (Fsp3) is 0.400. The van der Waals surface area contributed by atoms with E-state index in [1.165, 1.54) is 0 Å². The summed E-state index contributed by atoms with van der Waals surface area (Å²) in [5, 5.41) is 0. The molecule has 0 aliphatic carbocycles. The highest BCUT2D eigenvalue weighted by Gasteiger charge is 2.16. The Balaban J connectivity index is 0.00000144. The number of nitrogens with two attached hydrogens (primary N) is 1. The monoisotopic (exact) mass is 201 g/mol. The largest absolute Gasteiger partial charge is 0.487 e. The average molecular weight is 202 g/mol. The molecule has 1 aromatic carbocycles. The summed E-state index contributed by atoms with van der Waals surface area (Å²) >= 11 is 0. The molecular weight excluding hydrogens is 186 g/mol.